The van der Waals surface area contributed by atoms with Crippen molar-refractivity contribution in [2.45, 2.75) is 19.3 Å². The van der Waals surface area contributed by atoms with E-state index in [1.54, 1.807) is 0 Å². The van der Waals surface area contributed by atoms with Crippen molar-refractivity contribution in [2.24, 2.45) is 5.73 Å². The summed E-state index contributed by atoms with van der Waals surface area (Å²) in [4.78, 5) is 0. The van der Waals surface area contributed by atoms with Crippen molar-refractivity contribution in [3.63, 3.8) is 0 Å². The van der Waals surface area contributed by atoms with Gasteiger partial charge in [-0.3, -0.25) is 0 Å². The van der Waals surface area contributed by atoms with Gasteiger partial charge in [-0.05, 0) is 36.6 Å². The summed E-state index contributed by atoms with van der Waals surface area (Å²) in [5.41, 5.74) is 6.67. The number of nitrogens with two attached hydrogens (primary N) is 1. The highest BCUT2D eigenvalue weighted by molar-refractivity contribution is 9.10. The first kappa shape index (κ1) is 11.0. The highest BCUT2D eigenvalue weighted by Crippen LogP contribution is 2.32. The lowest BCUT2D eigenvalue weighted by atomic mass is 9.98. The molecule has 0 saturated heterocycles. The van der Waals surface area contributed by atoms with Gasteiger partial charge in [-0.2, -0.15) is 0 Å². The van der Waals surface area contributed by atoms with Crippen LogP contribution in [-0.2, 0) is 0 Å². The summed E-state index contributed by atoms with van der Waals surface area (Å²) in [6, 6.07) is 5.86. The quantitative estimate of drug-likeness (QED) is 0.886. The van der Waals surface area contributed by atoms with Gasteiger partial charge in [-0.1, -0.05) is 40.5 Å². The molecule has 0 spiro atoms. The van der Waals surface area contributed by atoms with E-state index in [1.165, 1.54) is 0 Å². The van der Waals surface area contributed by atoms with E-state index in [0.29, 0.717) is 12.5 Å². The minimum atomic E-state index is 0.410. The van der Waals surface area contributed by atoms with Crippen LogP contribution in [0.15, 0.2) is 22.7 Å². The van der Waals surface area contributed by atoms with Crippen LogP contribution in [0.25, 0.3) is 0 Å². The van der Waals surface area contributed by atoms with Gasteiger partial charge in [0.15, 0.2) is 0 Å². The Balaban J connectivity index is 2.98. The Kier molecular flexibility index (Phi) is 4.23. The van der Waals surface area contributed by atoms with Crippen molar-refractivity contribution in [1.82, 2.24) is 0 Å². The minimum Gasteiger partial charge on any atom is -0.330 e. The molecule has 1 nitrogen and oxygen atoms in total. The third-order valence-electron chi connectivity index (χ3n) is 2.09. The van der Waals surface area contributed by atoms with Crippen molar-refractivity contribution >= 4 is 27.5 Å². The van der Waals surface area contributed by atoms with E-state index < -0.39 is 0 Å². The number of benzene rings is 1. The molecule has 2 N–H and O–H groups in total. The van der Waals surface area contributed by atoms with Gasteiger partial charge in [0.05, 0.1) is 0 Å². The summed E-state index contributed by atoms with van der Waals surface area (Å²) in [7, 11) is 0. The maximum absolute atomic E-state index is 6.09. The van der Waals surface area contributed by atoms with Gasteiger partial charge in [0.25, 0.3) is 0 Å². The average molecular weight is 263 g/mol. The van der Waals surface area contributed by atoms with Gasteiger partial charge in [-0.15, -0.1) is 0 Å². The maximum atomic E-state index is 6.09. The van der Waals surface area contributed by atoms with Crippen molar-refractivity contribution < 1.29 is 0 Å². The van der Waals surface area contributed by atoms with Crippen LogP contribution in [0.1, 0.15) is 24.8 Å². The van der Waals surface area contributed by atoms with Gasteiger partial charge < -0.3 is 5.73 Å². The third kappa shape index (κ3) is 2.70. The number of hydrogen-bond donors (Lipinski definition) is 1. The Morgan fingerprint density at radius 1 is 1.54 bits per heavy atom. The highest BCUT2D eigenvalue weighted by atomic mass is 79.9. The van der Waals surface area contributed by atoms with E-state index in [1.807, 2.05) is 18.2 Å². The Labute approximate surface area is 92.4 Å². The summed E-state index contributed by atoms with van der Waals surface area (Å²) in [6.45, 7) is 2.83. The molecule has 0 bridgehead atoms. The van der Waals surface area contributed by atoms with Crippen molar-refractivity contribution in [1.29, 1.82) is 0 Å². The zero-order chi connectivity index (χ0) is 9.84. The zero-order valence-corrected chi connectivity index (χ0v) is 9.90. The fourth-order valence-electron chi connectivity index (χ4n) is 1.38. The van der Waals surface area contributed by atoms with Crippen LogP contribution in [0.5, 0.6) is 0 Å². The molecule has 0 radical (unpaired) electrons. The monoisotopic (exact) mass is 261 g/mol. The summed E-state index contributed by atoms with van der Waals surface area (Å²) in [5, 5.41) is 0.815. The lowest BCUT2D eigenvalue weighted by Crippen LogP contribution is -2.05. The molecule has 0 fully saturated rings. The first-order chi connectivity index (χ1) is 6.16. The second-order valence-corrected chi connectivity index (χ2v) is 4.38. The van der Waals surface area contributed by atoms with Crippen LogP contribution in [0.4, 0.5) is 0 Å². The molecular weight excluding hydrogens is 249 g/mol. The summed E-state index contributed by atoms with van der Waals surface area (Å²) >= 11 is 9.58. The second-order valence-electron chi connectivity index (χ2n) is 3.11. The SMILES string of the molecule is CC(CCN)c1c(Cl)cccc1Br. The predicted molar refractivity (Wildman–Crippen MR) is 61.2 cm³/mol. The molecule has 0 heterocycles. The van der Waals surface area contributed by atoms with Gasteiger partial charge in [0.2, 0.25) is 0 Å². The highest BCUT2D eigenvalue weighted by Gasteiger charge is 2.11. The van der Waals surface area contributed by atoms with Crippen LogP contribution < -0.4 is 5.73 Å². The smallest absolute Gasteiger partial charge is 0.0451 e. The van der Waals surface area contributed by atoms with Gasteiger partial charge in [-0.25, -0.2) is 0 Å². The van der Waals surface area contributed by atoms with Crippen molar-refractivity contribution in [3.05, 3.63) is 33.3 Å². The van der Waals surface area contributed by atoms with Crippen LogP contribution in [0.2, 0.25) is 5.02 Å². The van der Waals surface area contributed by atoms with E-state index in [9.17, 15) is 0 Å². The number of rotatable bonds is 3. The topological polar surface area (TPSA) is 26.0 Å². The summed E-state index contributed by atoms with van der Waals surface area (Å²) < 4.78 is 1.07. The van der Waals surface area contributed by atoms with Crippen molar-refractivity contribution in [3.8, 4) is 0 Å². The first-order valence-electron chi connectivity index (χ1n) is 4.30. The Hall–Kier alpha value is -0.0500. The van der Waals surface area contributed by atoms with E-state index in [4.69, 9.17) is 17.3 Å². The van der Waals surface area contributed by atoms with Crippen LogP contribution in [0, 0.1) is 0 Å². The molecule has 0 saturated carbocycles. The normalized spacial score (nSPS) is 12.9. The average Bonchev–Trinajstić information content (AvgIpc) is 2.04. The molecule has 0 aliphatic carbocycles. The molecule has 1 unspecified atom stereocenters. The minimum absolute atomic E-state index is 0.410. The van der Waals surface area contributed by atoms with E-state index in [2.05, 4.69) is 22.9 Å². The van der Waals surface area contributed by atoms with E-state index in [-0.39, 0.29) is 0 Å². The van der Waals surface area contributed by atoms with E-state index >= 15 is 0 Å². The number of hydrogen-bond acceptors (Lipinski definition) is 1. The van der Waals surface area contributed by atoms with Crippen LogP contribution >= 0.6 is 27.5 Å². The molecule has 1 rings (SSSR count). The Bertz CT molecular complexity index is 268. The molecule has 1 aromatic carbocycles. The molecule has 3 heteroatoms. The van der Waals surface area contributed by atoms with E-state index in [0.717, 1.165) is 21.5 Å². The van der Waals surface area contributed by atoms with Crippen LogP contribution in [-0.4, -0.2) is 6.54 Å². The van der Waals surface area contributed by atoms with Crippen molar-refractivity contribution in [2.75, 3.05) is 6.54 Å². The summed E-state index contributed by atoms with van der Waals surface area (Å²) in [5.74, 6) is 0.410. The Morgan fingerprint density at radius 3 is 2.77 bits per heavy atom. The molecule has 13 heavy (non-hydrogen) atoms. The molecular formula is C10H13BrClN. The number of halogens is 2. The predicted octanol–water partition coefficient (Wildman–Crippen LogP) is 3.55. The fourth-order valence-corrected chi connectivity index (χ4v) is 2.61. The molecule has 0 aliphatic heterocycles. The summed E-state index contributed by atoms with van der Waals surface area (Å²) in [6.07, 6.45) is 0.961. The largest absolute Gasteiger partial charge is 0.330 e. The van der Waals surface area contributed by atoms with Crippen LogP contribution in [0.3, 0.4) is 0 Å². The molecule has 0 aliphatic rings. The lowest BCUT2D eigenvalue weighted by Gasteiger charge is -2.14. The molecule has 1 aromatic rings. The third-order valence-corrected chi connectivity index (χ3v) is 3.11. The molecule has 1 atom stereocenters. The second kappa shape index (κ2) is 4.99. The van der Waals surface area contributed by atoms with Gasteiger partial charge in [0, 0.05) is 9.50 Å². The Morgan fingerprint density at radius 2 is 2.23 bits per heavy atom. The standard InChI is InChI=1S/C10H13BrClN/c1-7(5-6-13)10-8(11)3-2-4-9(10)12/h2-4,7H,5-6,13H2,1H3. The first-order valence-corrected chi connectivity index (χ1v) is 5.48. The van der Waals surface area contributed by atoms with Gasteiger partial charge >= 0.3 is 0 Å². The maximum Gasteiger partial charge on any atom is 0.0451 e. The zero-order valence-electron chi connectivity index (χ0n) is 7.56. The molecule has 0 aromatic heterocycles. The van der Waals surface area contributed by atoms with Gasteiger partial charge in [0.1, 0.15) is 0 Å². The fraction of sp³-hybridized carbons (Fsp3) is 0.400. The lowest BCUT2D eigenvalue weighted by molar-refractivity contribution is 0.688. The molecule has 72 valence electrons. The molecule has 0 amide bonds.